The first-order valence-electron chi connectivity index (χ1n) is 5.10. The van der Waals surface area contributed by atoms with E-state index in [4.69, 9.17) is 21.1 Å². The number of hydrogen-bond acceptors (Lipinski definition) is 3. The minimum atomic E-state index is 0.289. The van der Waals surface area contributed by atoms with Gasteiger partial charge < -0.3 is 14.8 Å². The fourth-order valence-electron chi connectivity index (χ4n) is 1.49. The smallest absolute Gasteiger partial charge is 0.231 e. The van der Waals surface area contributed by atoms with E-state index in [0.717, 1.165) is 41.6 Å². The number of fused-ring (bicyclic) bond motifs is 1. The van der Waals surface area contributed by atoms with Crippen LogP contribution >= 0.6 is 11.6 Å². The Labute approximate surface area is 94.3 Å². The first kappa shape index (κ1) is 10.6. The third-order valence-corrected chi connectivity index (χ3v) is 2.64. The molecule has 0 bridgehead atoms. The van der Waals surface area contributed by atoms with Crippen LogP contribution in [0.3, 0.4) is 0 Å². The van der Waals surface area contributed by atoms with Crippen molar-refractivity contribution in [3.8, 4) is 11.5 Å². The van der Waals surface area contributed by atoms with E-state index in [2.05, 4.69) is 12.2 Å². The van der Waals surface area contributed by atoms with E-state index >= 15 is 0 Å². The lowest BCUT2D eigenvalue weighted by molar-refractivity contribution is 0.174. The Balaban J connectivity index is 2.10. The van der Waals surface area contributed by atoms with Crippen LogP contribution in [0.4, 0.5) is 0 Å². The Morgan fingerprint density at radius 2 is 2.07 bits per heavy atom. The summed E-state index contributed by atoms with van der Waals surface area (Å²) >= 11 is 6.11. The molecule has 0 fully saturated rings. The molecule has 1 aliphatic heterocycles. The van der Waals surface area contributed by atoms with Gasteiger partial charge in [-0.15, -0.1) is 0 Å². The summed E-state index contributed by atoms with van der Waals surface area (Å²) in [5.74, 6) is 1.52. The standard InChI is InChI=1S/C11H14ClNO2/c1-2-3-13-6-8-4-10-11(5-9(8)12)15-7-14-10/h4-5,13H,2-3,6-7H2,1H3. The molecular weight excluding hydrogens is 214 g/mol. The van der Waals surface area contributed by atoms with Gasteiger partial charge >= 0.3 is 0 Å². The van der Waals surface area contributed by atoms with Crippen LogP contribution < -0.4 is 14.8 Å². The number of ether oxygens (including phenoxy) is 2. The average molecular weight is 228 g/mol. The predicted octanol–water partition coefficient (Wildman–Crippen LogP) is 2.57. The van der Waals surface area contributed by atoms with Crippen molar-refractivity contribution in [1.82, 2.24) is 5.32 Å². The van der Waals surface area contributed by atoms with Crippen LogP contribution in [-0.4, -0.2) is 13.3 Å². The van der Waals surface area contributed by atoms with Crippen molar-refractivity contribution in [2.75, 3.05) is 13.3 Å². The molecular formula is C11H14ClNO2. The molecule has 1 aromatic carbocycles. The van der Waals surface area contributed by atoms with Crippen molar-refractivity contribution < 1.29 is 9.47 Å². The largest absolute Gasteiger partial charge is 0.454 e. The maximum Gasteiger partial charge on any atom is 0.231 e. The van der Waals surface area contributed by atoms with Crippen molar-refractivity contribution in [2.24, 2.45) is 0 Å². The fourth-order valence-corrected chi connectivity index (χ4v) is 1.72. The van der Waals surface area contributed by atoms with Gasteiger partial charge in [0.05, 0.1) is 0 Å². The highest BCUT2D eigenvalue weighted by Gasteiger charge is 2.15. The minimum Gasteiger partial charge on any atom is -0.454 e. The molecule has 0 saturated heterocycles. The maximum absolute atomic E-state index is 6.11. The summed E-state index contributed by atoms with van der Waals surface area (Å²) in [7, 11) is 0. The topological polar surface area (TPSA) is 30.5 Å². The number of halogens is 1. The quantitative estimate of drug-likeness (QED) is 0.802. The van der Waals surface area contributed by atoms with Crippen LogP contribution in [0.2, 0.25) is 5.02 Å². The summed E-state index contributed by atoms with van der Waals surface area (Å²) in [6.07, 6.45) is 1.11. The molecule has 0 unspecified atom stereocenters. The second-order valence-corrected chi connectivity index (χ2v) is 3.88. The Morgan fingerprint density at radius 3 is 2.80 bits per heavy atom. The highest BCUT2D eigenvalue weighted by Crippen LogP contribution is 2.36. The van der Waals surface area contributed by atoms with Crippen LogP contribution in [0, 0.1) is 0 Å². The molecule has 0 atom stereocenters. The predicted molar refractivity (Wildman–Crippen MR) is 59.6 cm³/mol. The maximum atomic E-state index is 6.11. The third-order valence-electron chi connectivity index (χ3n) is 2.28. The first-order chi connectivity index (χ1) is 7.31. The van der Waals surface area contributed by atoms with Crippen LogP contribution in [0.15, 0.2) is 12.1 Å². The first-order valence-corrected chi connectivity index (χ1v) is 5.48. The minimum absolute atomic E-state index is 0.289. The van der Waals surface area contributed by atoms with E-state index in [-0.39, 0.29) is 6.79 Å². The Kier molecular flexibility index (Phi) is 3.34. The lowest BCUT2D eigenvalue weighted by Crippen LogP contribution is -2.13. The molecule has 0 aromatic heterocycles. The summed E-state index contributed by atoms with van der Waals surface area (Å²) in [6.45, 7) is 4.18. The molecule has 15 heavy (non-hydrogen) atoms. The number of hydrogen-bond donors (Lipinski definition) is 1. The van der Waals surface area contributed by atoms with E-state index in [0.29, 0.717) is 0 Å². The fraction of sp³-hybridized carbons (Fsp3) is 0.455. The molecule has 82 valence electrons. The van der Waals surface area contributed by atoms with Gasteiger partial charge in [0.25, 0.3) is 0 Å². The van der Waals surface area contributed by atoms with E-state index in [1.807, 2.05) is 12.1 Å². The Hall–Kier alpha value is -0.930. The summed E-state index contributed by atoms with van der Waals surface area (Å²) in [6, 6.07) is 3.75. The SMILES string of the molecule is CCCNCc1cc2c(cc1Cl)OCO2. The highest BCUT2D eigenvalue weighted by atomic mass is 35.5. The zero-order valence-electron chi connectivity index (χ0n) is 8.68. The van der Waals surface area contributed by atoms with E-state index in [1.54, 1.807) is 0 Å². The van der Waals surface area contributed by atoms with Gasteiger partial charge in [-0.2, -0.15) is 0 Å². The average Bonchev–Trinajstić information content (AvgIpc) is 2.65. The van der Waals surface area contributed by atoms with Crippen molar-refractivity contribution >= 4 is 11.6 Å². The number of rotatable bonds is 4. The molecule has 1 N–H and O–H groups in total. The lowest BCUT2D eigenvalue weighted by Gasteiger charge is -2.06. The molecule has 4 heteroatoms. The molecule has 1 aliphatic rings. The van der Waals surface area contributed by atoms with Crippen LogP contribution in [-0.2, 0) is 6.54 Å². The van der Waals surface area contributed by atoms with Crippen LogP contribution in [0.5, 0.6) is 11.5 Å². The normalized spacial score (nSPS) is 13.2. The molecule has 0 saturated carbocycles. The van der Waals surface area contributed by atoms with Gasteiger partial charge in [0, 0.05) is 17.6 Å². The summed E-state index contributed by atoms with van der Waals surface area (Å²) < 4.78 is 10.5. The zero-order chi connectivity index (χ0) is 10.7. The Morgan fingerprint density at radius 1 is 1.33 bits per heavy atom. The van der Waals surface area contributed by atoms with Gasteiger partial charge in [-0.3, -0.25) is 0 Å². The monoisotopic (exact) mass is 227 g/mol. The van der Waals surface area contributed by atoms with Crippen molar-refractivity contribution in [3.63, 3.8) is 0 Å². The molecule has 0 amide bonds. The molecule has 0 radical (unpaired) electrons. The summed E-state index contributed by atoms with van der Waals surface area (Å²) in [5.41, 5.74) is 1.05. The highest BCUT2D eigenvalue weighted by molar-refractivity contribution is 6.31. The van der Waals surface area contributed by atoms with Gasteiger partial charge in [0.15, 0.2) is 11.5 Å². The van der Waals surface area contributed by atoms with Gasteiger partial charge in [-0.25, -0.2) is 0 Å². The summed E-state index contributed by atoms with van der Waals surface area (Å²) in [4.78, 5) is 0. The molecule has 0 aliphatic carbocycles. The van der Waals surface area contributed by atoms with Crippen molar-refractivity contribution in [3.05, 3.63) is 22.7 Å². The molecule has 0 spiro atoms. The second kappa shape index (κ2) is 4.73. The van der Waals surface area contributed by atoms with Gasteiger partial charge in [0.2, 0.25) is 6.79 Å². The van der Waals surface area contributed by atoms with E-state index < -0.39 is 0 Å². The second-order valence-electron chi connectivity index (χ2n) is 3.47. The van der Waals surface area contributed by atoms with Gasteiger partial charge in [0.1, 0.15) is 0 Å². The Bertz CT molecular complexity index is 355. The third kappa shape index (κ3) is 2.36. The number of benzene rings is 1. The lowest BCUT2D eigenvalue weighted by atomic mass is 10.2. The summed E-state index contributed by atoms with van der Waals surface area (Å²) in [5, 5.41) is 4.03. The van der Waals surface area contributed by atoms with Gasteiger partial charge in [-0.05, 0) is 24.6 Å². The van der Waals surface area contributed by atoms with E-state index in [1.165, 1.54) is 0 Å². The molecule has 3 nitrogen and oxygen atoms in total. The molecule has 1 aromatic rings. The van der Waals surface area contributed by atoms with Gasteiger partial charge in [-0.1, -0.05) is 18.5 Å². The van der Waals surface area contributed by atoms with E-state index in [9.17, 15) is 0 Å². The molecule has 2 rings (SSSR count). The zero-order valence-corrected chi connectivity index (χ0v) is 9.43. The van der Waals surface area contributed by atoms with Crippen LogP contribution in [0.1, 0.15) is 18.9 Å². The number of nitrogens with one attached hydrogen (secondary N) is 1. The van der Waals surface area contributed by atoms with Crippen molar-refractivity contribution in [1.29, 1.82) is 0 Å². The molecule has 1 heterocycles. The van der Waals surface area contributed by atoms with Crippen LogP contribution in [0.25, 0.3) is 0 Å². The van der Waals surface area contributed by atoms with Crippen molar-refractivity contribution in [2.45, 2.75) is 19.9 Å².